The number of nitrogens with zero attached hydrogens (tertiary/aromatic N) is 1. The molecule has 1 saturated heterocycles. The highest BCUT2D eigenvalue weighted by molar-refractivity contribution is 5.83. The van der Waals surface area contributed by atoms with Crippen LogP contribution in [0.25, 0.3) is 0 Å². The lowest BCUT2D eigenvalue weighted by atomic mass is 9.97. The van der Waals surface area contributed by atoms with Crippen LogP contribution in [-0.4, -0.2) is 40.5 Å². The highest BCUT2D eigenvalue weighted by Gasteiger charge is 2.31. The normalized spacial score (nSPS) is 31.4. The minimum absolute atomic E-state index is 0.0371. The van der Waals surface area contributed by atoms with Gasteiger partial charge in [-0.05, 0) is 33.2 Å². The van der Waals surface area contributed by atoms with Gasteiger partial charge in [0, 0.05) is 12.5 Å². The summed E-state index contributed by atoms with van der Waals surface area (Å²) in [6, 6.07) is 0.0826. The van der Waals surface area contributed by atoms with E-state index in [-0.39, 0.29) is 24.0 Å². The highest BCUT2D eigenvalue weighted by atomic mass is 16.3. The summed E-state index contributed by atoms with van der Waals surface area (Å²) in [7, 11) is 0. The molecule has 0 aromatic rings. The first-order valence-electron chi connectivity index (χ1n) is 5.54. The zero-order chi connectivity index (χ0) is 10.7. The van der Waals surface area contributed by atoms with Crippen LogP contribution >= 0.6 is 0 Å². The molecule has 3 heteroatoms. The summed E-state index contributed by atoms with van der Waals surface area (Å²) in [5.74, 6) is 0.269. The van der Waals surface area contributed by atoms with Crippen LogP contribution in [0.2, 0.25) is 0 Å². The van der Waals surface area contributed by atoms with E-state index in [1.54, 1.807) is 0 Å². The zero-order valence-corrected chi connectivity index (χ0v) is 9.36. The number of likely N-dealkylation sites (tertiary alicyclic amines) is 1. The second-order valence-electron chi connectivity index (χ2n) is 4.18. The van der Waals surface area contributed by atoms with Gasteiger partial charge in [0.05, 0.1) is 12.1 Å². The van der Waals surface area contributed by atoms with Crippen molar-refractivity contribution in [1.82, 2.24) is 4.90 Å². The molecular weight excluding hydrogens is 178 g/mol. The molecule has 82 valence electrons. The Morgan fingerprint density at radius 3 is 2.86 bits per heavy atom. The van der Waals surface area contributed by atoms with E-state index in [0.717, 1.165) is 19.4 Å². The van der Waals surface area contributed by atoms with Crippen LogP contribution in [0, 0.1) is 0 Å². The second kappa shape index (κ2) is 4.89. The summed E-state index contributed by atoms with van der Waals surface area (Å²) in [6.45, 7) is 6.78. The van der Waals surface area contributed by atoms with Crippen molar-refractivity contribution in [2.45, 2.75) is 58.2 Å². The van der Waals surface area contributed by atoms with Gasteiger partial charge in [-0.2, -0.15) is 0 Å². The first-order chi connectivity index (χ1) is 6.57. The van der Waals surface area contributed by atoms with Gasteiger partial charge in [-0.3, -0.25) is 9.69 Å². The van der Waals surface area contributed by atoms with Gasteiger partial charge in [-0.15, -0.1) is 0 Å². The zero-order valence-electron chi connectivity index (χ0n) is 9.36. The van der Waals surface area contributed by atoms with Crippen molar-refractivity contribution in [1.29, 1.82) is 0 Å². The minimum atomic E-state index is -0.268. The van der Waals surface area contributed by atoms with E-state index >= 15 is 0 Å². The lowest BCUT2D eigenvalue weighted by Crippen LogP contribution is -2.52. The van der Waals surface area contributed by atoms with Crippen LogP contribution in [0.15, 0.2) is 0 Å². The molecule has 0 radical (unpaired) electrons. The van der Waals surface area contributed by atoms with E-state index < -0.39 is 0 Å². The topological polar surface area (TPSA) is 40.5 Å². The third-order valence-electron chi connectivity index (χ3n) is 3.31. The Labute approximate surface area is 86.1 Å². The maximum atomic E-state index is 11.5. The molecule has 3 nitrogen and oxygen atoms in total. The minimum Gasteiger partial charge on any atom is -0.392 e. The van der Waals surface area contributed by atoms with E-state index in [1.807, 2.05) is 20.8 Å². The molecule has 1 aliphatic heterocycles. The van der Waals surface area contributed by atoms with Crippen molar-refractivity contribution in [3.05, 3.63) is 0 Å². The van der Waals surface area contributed by atoms with Crippen molar-refractivity contribution in [3.63, 3.8) is 0 Å². The quantitative estimate of drug-likeness (QED) is 0.742. The summed E-state index contributed by atoms with van der Waals surface area (Å²) in [4.78, 5) is 13.7. The van der Waals surface area contributed by atoms with E-state index in [4.69, 9.17) is 0 Å². The Morgan fingerprint density at radius 1 is 1.64 bits per heavy atom. The van der Waals surface area contributed by atoms with Crippen LogP contribution in [0.5, 0.6) is 0 Å². The van der Waals surface area contributed by atoms with Crippen LogP contribution in [0.1, 0.15) is 40.0 Å². The van der Waals surface area contributed by atoms with Gasteiger partial charge in [0.1, 0.15) is 5.78 Å². The third-order valence-corrected chi connectivity index (χ3v) is 3.31. The fraction of sp³-hybridized carbons (Fsp3) is 0.909. The molecule has 3 atom stereocenters. The van der Waals surface area contributed by atoms with Crippen molar-refractivity contribution in [2.75, 3.05) is 6.54 Å². The Morgan fingerprint density at radius 2 is 2.29 bits per heavy atom. The number of rotatable bonds is 3. The maximum Gasteiger partial charge on any atom is 0.149 e. The van der Waals surface area contributed by atoms with Crippen LogP contribution in [0.4, 0.5) is 0 Å². The van der Waals surface area contributed by atoms with E-state index in [9.17, 15) is 9.90 Å². The fourth-order valence-electron chi connectivity index (χ4n) is 2.18. The lowest BCUT2D eigenvalue weighted by Gasteiger charge is -2.40. The van der Waals surface area contributed by atoms with Crippen molar-refractivity contribution in [3.8, 4) is 0 Å². The first-order valence-corrected chi connectivity index (χ1v) is 5.54. The average molecular weight is 199 g/mol. The lowest BCUT2D eigenvalue weighted by molar-refractivity contribution is -0.126. The Kier molecular flexibility index (Phi) is 4.08. The highest BCUT2D eigenvalue weighted by Crippen LogP contribution is 2.20. The number of Topliss-reactive ketones (excluding diaryl/α,β-unsaturated/α-hetero) is 1. The molecule has 0 aliphatic carbocycles. The number of ketones is 1. The molecule has 0 bridgehead atoms. The summed E-state index contributed by atoms with van der Waals surface area (Å²) in [5, 5.41) is 9.70. The summed E-state index contributed by atoms with van der Waals surface area (Å²) >= 11 is 0. The molecule has 1 heterocycles. The van der Waals surface area contributed by atoms with Gasteiger partial charge in [0.15, 0.2) is 0 Å². The predicted molar refractivity (Wildman–Crippen MR) is 56.2 cm³/mol. The Hall–Kier alpha value is -0.410. The van der Waals surface area contributed by atoms with Crippen LogP contribution in [-0.2, 0) is 4.79 Å². The number of carbonyl (C=O) groups excluding carboxylic acids is 1. The predicted octanol–water partition coefficient (Wildman–Crippen LogP) is 1.20. The fourth-order valence-corrected chi connectivity index (χ4v) is 2.18. The summed E-state index contributed by atoms with van der Waals surface area (Å²) in [5.41, 5.74) is 0. The smallest absolute Gasteiger partial charge is 0.149 e. The second-order valence-corrected chi connectivity index (χ2v) is 4.18. The molecular formula is C11H21NO2. The van der Waals surface area contributed by atoms with Gasteiger partial charge >= 0.3 is 0 Å². The molecule has 0 spiro atoms. The van der Waals surface area contributed by atoms with Gasteiger partial charge in [0.2, 0.25) is 0 Å². The number of aliphatic hydroxyl groups is 1. The molecule has 1 fully saturated rings. The molecule has 14 heavy (non-hydrogen) atoms. The van der Waals surface area contributed by atoms with Crippen molar-refractivity contribution >= 4 is 5.78 Å². The van der Waals surface area contributed by atoms with Gasteiger partial charge in [0.25, 0.3) is 0 Å². The number of hydrogen-bond donors (Lipinski definition) is 1. The molecule has 1 N–H and O–H groups in total. The summed E-state index contributed by atoms with van der Waals surface area (Å²) in [6.07, 6.45) is 2.17. The summed E-state index contributed by atoms with van der Waals surface area (Å²) < 4.78 is 0. The molecule has 0 saturated carbocycles. The maximum absolute atomic E-state index is 11.5. The van der Waals surface area contributed by atoms with Gasteiger partial charge in [-0.1, -0.05) is 6.92 Å². The van der Waals surface area contributed by atoms with Crippen molar-refractivity contribution < 1.29 is 9.90 Å². The van der Waals surface area contributed by atoms with Crippen LogP contribution in [0.3, 0.4) is 0 Å². The van der Waals surface area contributed by atoms with Crippen LogP contribution < -0.4 is 0 Å². The molecule has 0 amide bonds. The standard InChI is InChI=1S/C11H21NO2/c1-4-10(13)8(2)12-7-5-6-11(14)9(12)3/h8-9,11,14H,4-7H2,1-3H3. The molecule has 0 aromatic carbocycles. The molecule has 1 rings (SSSR count). The molecule has 1 aliphatic rings. The SMILES string of the molecule is CCC(=O)C(C)N1CCCC(O)C1C. The number of carbonyl (C=O) groups is 1. The first kappa shape index (κ1) is 11.7. The number of piperidine rings is 1. The Balaban J connectivity index is 2.61. The van der Waals surface area contributed by atoms with Gasteiger partial charge < -0.3 is 5.11 Å². The number of hydrogen-bond acceptors (Lipinski definition) is 3. The van der Waals surface area contributed by atoms with Crippen molar-refractivity contribution in [2.24, 2.45) is 0 Å². The third kappa shape index (κ3) is 2.34. The monoisotopic (exact) mass is 199 g/mol. The van der Waals surface area contributed by atoms with E-state index in [0.29, 0.717) is 6.42 Å². The van der Waals surface area contributed by atoms with E-state index in [1.165, 1.54) is 0 Å². The van der Waals surface area contributed by atoms with E-state index in [2.05, 4.69) is 4.90 Å². The number of aliphatic hydroxyl groups excluding tert-OH is 1. The molecule has 3 unspecified atom stereocenters. The largest absolute Gasteiger partial charge is 0.392 e. The van der Waals surface area contributed by atoms with Gasteiger partial charge in [-0.25, -0.2) is 0 Å². The Bertz CT molecular complexity index is 205. The average Bonchev–Trinajstić information content (AvgIpc) is 2.20. The molecule has 0 aromatic heterocycles.